The van der Waals surface area contributed by atoms with Crippen LogP contribution in [0.25, 0.3) is 0 Å². The van der Waals surface area contributed by atoms with E-state index in [4.69, 9.17) is 4.74 Å². The fraction of sp³-hybridized carbons (Fsp3) is 0.182. The summed E-state index contributed by atoms with van der Waals surface area (Å²) in [5.41, 5.74) is 1.07. The molecule has 6 heteroatoms. The van der Waals surface area contributed by atoms with E-state index in [9.17, 15) is 0 Å². The number of hydrogen-bond acceptors (Lipinski definition) is 5. The van der Waals surface area contributed by atoms with Crippen molar-refractivity contribution >= 4 is 21.7 Å². The second-order valence-electron chi connectivity index (χ2n) is 3.33. The molecule has 2 aromatic heterocycles. The van der Waals surface area contributed by atoms with E-state index < -0.39 is 0 Å². The molecule has 0 amide bonds. The van der Waals surface area contributed by atoms with E-state index in [0.717, 1.165) is 10.0 Å². The number of methoxy groups -OCH3 is 1. The monoisotopic (exact) mass is 294 g/mol. The minimum absolute atomic E-state index is 0.500. The normalized spacial score (nSPS) is 10.0. The van der Waals surface area contributed by atoms with E-state index in [-0.39, 0.29) is 0 Å². The predicted molar refractivity (Wildman–Crippen MR) is 67.8 cm³/mol. The van der Waals surface area contributed by atoms with Gasteiger partial charge in [-0.05, 0) is 33.6 Å². The fourth-order valence-electron chi connectivity index (χ4n) is 1.27. The molecule has 0 aromatic carbocycles. The quantitative estimate of drug-likeness (QED) is 0.937. The predicted octanol–water partition coefficient (Wildman–Crippen LogP) is 2.25. The van der Waals surface area contributed by atoms with Crippen LogP contribution in [0.15, 0.2) is 35.1 Å². The maximum atomic E-state index is 4.93. The molecular formula is C11H11BrN4O. The van der Waals surface area contributed by atoms with Gasteiger partial charge in [0.2, 0.25) is 5.88 Å². The Morgan fingerprint density at radius 3 is 2.82 bits per heavy atom. The van der Waals surface area contributed by atoms with E-state index in [1.165, 1.54) is 0 Å². The van der Waals surface area contributed by atoms with Crippen LogP contribution in [0.3, 0.4) is 0 Å². The van der Waals surface area contributed by atoms with Gasteiger partial charge in [0.15, 0.2) is 0 Å². The van der Waals surface area contributed by atoms with Crippen LogP contribution in [-0.4, -0.2) is 22.3 Å². The molecule has 17 heavy (non-hydrogen) atoms. The van der Waals surface area contributed by atoms with Gasteiger partial charge in [0.1, 0.15) is 5.82 Å². The Kier molecular flexibility index (Phi) is 3.87. The summed E-state index contributed by atoms with van der Waals surface area (Å²) in [5.74, 6) is 1.20. The molecule has 2 rings (SSSR count). The molecular weight excluding hydrogens is 284 g/mol. The van der Waals surface area contributed by atoms with Crippen LogP contribution >= 0.6 is 15.9 Å². The van der Waals surface area contributed by atoms with Gasteiger partial charge in [0.25, 0.3) is 0 Å². The van der Waals surface area contributed by atoms with Crippen LogP contribution in [0.1, 0.15) is 5.56 Å². The molecule has 2 heterocycles. The molecule has 88 valence electrons. The van der Waals surface area contributed by atoms with Crippen molar-refractivity contribution in [1.29, 1.82) is 0 Å². The standard InChI is InChI=1S/C11H11BrN4O/c1-17-11-3-2-10(15-16-11)14-6-8-4-9(12)7-13-5-8/h2-5,7H,6H2,1H3,(H,14,15). The van der Waals surface area contributed by atoms with Gasteiger partial charge in [-0.1, -0.05) is 0 Å². The maximum Gasteiger partial charge on any atom is 0.233 e. The molecule has 1 N–H and O–H groups in total. The first kappa shape index (κ1) is 11.8. The highest BCUT2D eigenvalue weighted by Crippen LogP contribution is 2.12. The van der Waals surface area contributed by atoms with Gasteiger partial charge in [0.05, 0.1) is 7.11 Å². The minimum Gasteiger partial charge on any atom is -0.480 e. The molecule has 0 radical (unpaired) electrons. The Morgan fingerprint density at radius 2 is 2.18 bits per heavy atom. The smallest absolute Gasteiger partial charge is 0.233 e. The van der Waals surface area contributed by atoms with Crippen molar-refractivity contribution in [2.45, 2.75) is 6.54 Å². The highest BCUT2D eigenvalue weighted by atomic mass is 79.9. The highest BCUT2D eigenvalue weighted by molar-refractivity contribution is 9.10. The van der Waals surface area contributed by atoms with Gasteiger partial charge in [-0.15, -0.1) is 10.2 Å². The largest absolute Gasteiger partial charge is 0.480 e. The number of anilines is 1. The molecule has 0 aliphatic carbocycles. The molecule has 0 spiro atoms. The molecule has 2 aromatic rings. The van der Waals surface area contributed by atoms with Gasteiger partial charge in [-0.25, -0.2) is 0 Å². The van der Waals surface area contributed by atoms with E-state index in [1.54, 1.807) is 25.6 Å². The number of nitrogens with one attached hydrogen (secondary N) is 1. The number of rotatable bonds is 4. The molecule has 0 aliphatic rings. The second kappa shape index (κ2) is 5.58. The van der Waals surface area contributed by atoms with Crippen molar-refractivity contribution in [3.8, 4) is 5.88 Å². The lowest BCUT2D eigenvalue weighted by atomic mass is 10.3. The minimum atomic E-state index is 0.500. The molecule has 0 aliphatic heterocycles. The van der Waals surface area contributed by atoms with Crippen LogP contribution in [-0.2, 0) is 6.54 Å². The summed E-state index contributed by atoms with van der Waals surface area (Å²) >= 11 is 3.37. The molecule has 5 nitrogen and oxygen atoms in total. The molecule has 0 fully saturated rings. The Bertz CT molecular complexity index is 489. The van der Waals surface area contributed by atoms with E-state index in [1.807, 2.05) is 12.1 Å². The highest BCUT2D eigenvalue weighted by Gasteiger charge is 1.98. The molecule has 0 saturated heterocycles. The number of ether oxygens (including phenoxy) is 1. The average molecular weight is 295 g/mol. The Morgan fingerprint density at radius 1 is 1.29 bits per heavy atom. The summed E-state index contributed by atoms with van der Waals surface area (Å²) in [5, 5.41) is 11.0. The summed E-state index contributed by atoms with van der Waals surface area (Å²) in [6.45, 7) is 0.646. The van der Waals surface area contributed by atoms with Crippen molar-refractivity contribution in [3.63, 3.8) is 0 Å². The fourth-order valence-corrected chi connectivity index (χ4v) is 1.68. The third-order valence-corrected chi connectivity index (χ3v) is 2.52. The number of halogens is 1. The number of aromatic nitrogens is 3. The summed E-state index contributed by atoms with van der Waals surface area (Å²) in [7, 11) is 1.56. The lowest BCUT2D eigenvalue weighted by Crippen LogP contribution is -2.03. The van der Waals surface area contributed by atoms with Crippen molar-refractivity contribution in [2.24, 2.45) is 0 Å². The van der Waals surface area contributed by atoms with Gasteiger partial charge >= 0.3 is 0 Å². The average Bonchev–Trinajstić information content (AvgIpc) is 2.37. The van der Waals surface area contributed by atoms with Crippen LogP contribution in [0.5, 0.6) is 5.88 Å². The number of pyridine rings is 1. The van der Waals surface area contributed by atoms with E-state index in [0.29, 0.717) is 18.2 Å². The van der Waals surface area contributed by atoms with Crippen LogP contribution in [0.4, 0.5) is 5.82 Å². The van der Waals surface area contributed by atoms with Crippen LogP contribution in [0, 0.1) is 0 Å². The van der Waals surface area contributed by atoms with Crippen LogP contribution in [0.2, 0.25) is 0 Å². The van der Waals surface area contributed by atoms with Crippen molar-refractivity contribution < 1.29 is 4.74 Å². The third kappa shape index (κ3) is 3.39. The topological polar surface area (TPSA) is 59.9 Å². The zero-order valence-corrected chi connectivity index (χ0v) is 10.8. The first-order valence-electron chi connectivity index (χ1n) is 4.99. The summed E-state index contributed by atoms with van der Waals surface area (Å²) in [6.07, 6.45) is 3.55. The number of nitrogens with zero attached hydrogens (tertiary/aromatic N) is 3. The Balaban J connectivity index is 1.97. The molecule has 0 saturated carbocycles. The zero-order valence-electron chi connectivity index (χ0n) is 9.22. The second-order valence-corrected chi connectivity index (χ2v) is 4.24. The first-order chi connectivity index (χ1) is 8.28. The Labute approximate surface area is 107 Å². The summed E-state index contributed by atoms with van der Waals surface area (Å²) < 4.78 is 5.89. The number of hydrogen-bond donors (Lipinski definition) is 1. The SMILES string of the molecule is COc1ccc(NCc2cncc(Br)c2)nn1. The lowest BCUT2D eigenvalue weighted by Gasteiger charge is -2.05. The summed E-state index contributed by atoms with van der Waals surface area (Å²) in [6, 6.07) is 5.57. The van der Waals surface area contributed by atoms with Crippen molar-refractivity contribution in [3.05, 3.63) is 40.6 Å². The van der Waals surface area contributed by atoms with Gasteiger partial charge in [-0.3, -0.25) is 4.98 Å². The third-order valence-electron chi connectivity index (χ3n) is 2.08. The van der Waals surface area contributed by atoms with Gasteiger partial charge in [0, 0.05) is 29.5 Å². The van der Waals surface area contributed by atoms with E-state index in [2.05, 4.69) is 36.4 Å². The maximum absolute atomic E-state index is 4.93. The van der Waals surface area contributed by atoms with E-state index >= 15 is 0 Å². The molecule has 0 atom stereocenters. The lowest BCUT2D eigenvalue weighted by molar-refractivity contribution is 0.392. The molecule has 0 bridgehead atoms. The van der Waals surface area contributed by atoms with Crippen molar-refractivity contribution in [1.82, 2.24) is 15.2 Å². The van der Waals surface area contributed by atoms with Crippen LogP contribution < -0.4 is 10.1 Å². The Hall–Kier alpha value is -1.69. The first-order valence-corrected chi connectivity index (χ1v) is 5.78. The van der Waals surface area contributed by atoms with Gasteiger partial charge < -0.3 is 10.1 Å². The van der Waals surface area contributed by atoms with Crippen molar-refractivity contribution in [2.75, 3.05) is 12.4 Å². The molecule has 0 unspecified atom stereocenters. The zero-order chi connectivity index (χ0) is 12.1. The summed E-state index contributed by atoms with van der Waals surface area (Å²) in [4.78, 5) is 4.08. The van der Waals surface area contributed by atoms with Gasteiger partial charge in [-0.2, -0.15) is 0 Å².